The predicted molar refractivity (Wildman–Crippen MR) is 105 cm³/mol. The molecule has 27 heavy (non-hydrogen) atoms. The van der Waals surface area contributed by atoms with E-state index in [1.54, 1.807) is 24.3 Å². The van der Waals surface area contributed by atoms with E-state index < -0.39 is 0 Å². The number of hydrogen-bond donors (Lipinski definition) is 4. The zero-order valence-corrected chi connectivity index (χ0v) is 15.4. The van der Waals surface area contributed by atoms with Crippen LogP contribution in [0.15, 0.2) is 48.5 Å². The third kappa shape index (κ3) is 4.30. The van der Waals surface area contributed by atoms with Crippen molar-refractivity contribution >= 4 is 34.8 Å². The first-order valence-corrected chi connectivity index (χ1v) is 9.43. The minimum atomic E-state index is -0.250. The average Bonchev–Trinajstić information content (AvgIpc) is 3.41. The summed E-state index contributed by atoms with van der Waals surface area (Å²) in [7, 11) is 0. The van der Waals surface area contributed by atoms with Crippen molar-refractivity contribution in [2.45, 2.75) is 18.9 Å². The van der Waals surface area contributed by atoms with Crippen molar-refractivity contribution in [1.82, 2.24) is 10.9 Å². The Bertz CT molecular complexity index is 834. The van der Waals surface area contributed by atoms with Crippen molar-refractivity contribution in [3.63, 3.8) is 0 Å². The van der Waals surface area contributed by atoms with Gasteiger partial charge in [-0.2, -0.15) is 0 Å². The van der Waals surface area contributed by atoms with Crippen LogP contribution in [-0.2, 0) is 9.59 Å². The Morgan fingerprint density at radius 2 is 1.48 bits per heavy atom. The van der Waals surface area contributed by atoms with Gasteiger partial charge in [0.05, 0.1) is 12.0 Å². The molecule has 2 atom stereocenters. The Kier molecular flexibility index (Phi) is 5.11. The molecule has 0 radical (unpaired) electrons. The van der Waals surface area contributed by atoms with Crippen molar-refractivity contribution in [2.75, 3.05) is 17.2 Å². The fourth-order valence-corrected chi connectivity index (χ4v) is 3.31. The van der Waals surface area contributed by atoms with Crippen LogP contribution >= 0.6 is 11.6 Å². The number of rotatable bonds is 5. The molecule has 140 valence electrons. The van der Waals surface area contributed by atoms with Crippen molar-refractivity contribution in [2.24, 2.45) is 11.8 Å². The molecule has 2 aromatic rings. The van der Waals surface area contributed by atoms with Crippen LogP contribution in [0, 0.1) is 11.8 Å². The number of carbonyl (C=O) groups is 2. The maximum atomic E-state index is 12.7. The van der Waals surface area contributed by atoms with Crippen LogP contribution < -0.4 is 21.5 Å². The van der Waals surface area contributed by atoms with Crippen LogP contribution in [0.25, 0.3) is 0 Å². The first kappa shape index (κ1) is 18.0. The molecule has 1 aliphatic carbocycles. The first-order valence-electron chi connectivity index (χ1n) is 9.06. The highest BCUT2D eigenvalue weighted by Crippen LogP contribution is 2.30. The van der Waals surface area contributed by atoms with E-state index in [2.05, 4.69) is 21.5 Å². The Labute approximate surface area is 162 Å². The summed E-state index contributed by atoms with van der Waals surface area (Å²) in [6.45, 7) is 0.536. The lowest BCUT2D eigenvalue weighted by Crippen LogP contribution is -2.29. The van der Waals surface area contributed by atoms with E-state index in [0.29, 0.717) is 17.3 Å². The van der Waals surface area contributed by atoms with E-state index in [9.17, 15) is 9.59 Å². The van der Waals surface area contributed by atoms with Gasteiger partial charge in [-0.05, 0) is 54.8 Å². The summed E-state index contributed by atoms with van der Waals surface area (Å²) in [5.74, 6) is -0.0834. The van der Waals surface area contributed by atoms with E-state index >= 15 is 0 Å². The summed E-state index contributed by atoms with van der Waals surface area (Å²) >= 11 is 5.95. The molecule has 0 aromatic heterocycles. The Morgan fingerprint density at radius 3 is 2.07 bits per heavy atom. The lowest BCUT2D eigenvalue weighted by atomic mass is 9.94. The third-order valence-electron chi connectivity index (χ3n) is 4.92. The van der Waals surface area contributed by atoms with Gasteiger partial charge in [0.1, 0.15) is 0 Å². The SMILES string of the molecule is O=C(Nc1ccc(NC(=O)C2CNNC2c2ccc(Cl)cc2)cc1)C1CC1. The zero-order valence-electron chi connectivity index (χ0n) is 14.7. The second-order valence-electron chi connectivity index (χ2n) is 6.99. The molecule has 0 bridgehead atoms. The fourth-order valence-electron chi connectivity index (χ4n) is 3.19. The second-order valence-corrected chi connectivity index (χ2v) is 7.43. The molecule has 1 saturated heterocycles. The summed E-state index contributed by atoms with van der Waals surface area (Å²) in [6.07, 6.45) is 1.94. The first-order chi connectivity index (χ1) is 13.1. The molecule has 1 heterocycles. The van der Waals surface area contributed by atoms with Gasteiger partial charge in [0.15, 0.2) is 0 Å². The standard InChI is InChI=1S/C20H21ClN4O2/c21-14-5-3-12(4-6-14)18-17(11-22-25-18)20(27)24-16-9-7-15(8-10-16)23-19(26)13-1-2-13/h3-10,13,17-18,22,25H,1-2,11H2,(H,23,26)(H,24,27). The van der Waals surface area contributed by atoms with Gasteiger partial charge in [-0.15, -0.1) is 0 Å². The number of amides is 2. The van der Waals surface area contributed by atoms with Crippen molar-refractivity contribution in [3.05, 3.63) is 59.1 Å². The monoisotopic (exact) mass is 384 g/mol. The zero-order chi connectivity index (χ0) is 18.8. The van der Waals surface area contributed by atoms with Gasteiger partial charge < -0.3 is 10.6 Å². The van der Waals surface area contributed by atoms with E-state index in [4.69, 9.17) is 11.6 Å². The Balaban J connectivity index is 1.38. The maximum absolute atomic E-state index is 12.7. The molecule has 0 spiro atoms. The molecule has 2 unspecified atom stereocenters. The maximum Gasteiger partial charge on any atom is 0.230 e. The van der Waals surface area contributed by atoms with E-state index in [1.165, 1.54) is 0 Å². The number of benzene rings is 2. The molecule has 1 saturated carbocycles. The molecule has 7 heteroatoms. The molecule has 1 aliphatic heterocycles. The highest BCUT2D eigenvalue weighted by Gasteiger charge is 2.34. The molecule has 6 nitrogen and oxygen atoms in total. The molecule has 4 N–H and O–H groups in total. The summed E-state index contributed by atoms with van der Waals surface area (Å²) in [4.78, 5) is 24.5. The number of halogens is 1. The van der Waals surface area contributed by atoms with Crippen molar-refractivity contribution in [3.8, 4) is 0 Å². The van der Waals surface area contributed by atoms with Crippen LogP contribution in [0.4, 0.5) is 11.4 Å². The largest absolute Gasteiger partial charge is 0.326 e. The highest BCUT2D eigenvalue weighted by molar-refractivity contribution is 6.30. The van der Waals surface area contributed by atoms with E-state index in [0.717, 1.165) is 24.1 Å². The average molecular weight is 385 g/mol. The molecular weight excluding hydrogens is 364 g/mol. The van der Waals surface area contributed by atoms with Gasteiger partial charge in [-0.1, -0.05) is 23.7 Å². The van der Waals surface area contributed by atoms with Crippen LogP contribution in [0.1, 0.15) is 24.4 Å². The second kappa shape index (κ2) is 7.68. The Hall–Kier alpha value is -2.41. The molecular formula is C20H21ClN4O2. The molecule has 2 fully saturated rings. The van der Waals surface area contributed by atoms with E-state index in [1.807, 2.05) is 24.3 Å². The number of carbonyl (C=O) groups excluding carboxylic acids is 2. The minimum Gasteiger partial charge on any atom is -0.326 e. The van der Waals surface area contributed by atoms with Gasteiger partial charge in [0.2, 0.25) is 11.8 Å². The topological polar surface area (TPSA) is 82.3 Å². The van der Waals surface area contributed by atoms with Gasteiger partial charge in [0, 0.05) is 28.9 Å². The summed E-state index contributed by atoms with van der Waals surface area (Å²) in [5, 5.41) is 6.51. The van der Waals surface area contributed by atoms with Gasteiger partial charge >= 0.3 is 0 Å². The molecule has 2 aromatic carbocycles. The third-order valence-corrected chi connectivity index (χ3v) is 5.17. The summed E-state index contributed by atoms with van der Waals surface area (Å²) in [6, 6.07) is 14.6. The van der Waals surface area contributed by atoms with E-state index in [-0.39, 0.29) is 29.7 Å². The van der Waals surface area contributed by atoms with Crippen molar-refractivity contribution in [1.29, 1.82) is 0 Å². The molecule has 2 aliphatic rings. The van der Waals surface area contributed by atoms with Gasteiger partial charge in [-0.25, -0.2) is 5.43 Å². The number of hydrogen-bond acceptors (Lipinski definition) is 4. The van der Waals surface area contributed by atoms with Crippen molar-refractivity contribution < 1.29 is 9.59 Å². The van der Waals surface area contributed by atoms with Crippen LogP contribution in [-0.4, -0.2) is 18.4 Å². The lowest BCUT2D eigenvalue weighted by molar-refractivity contribution is -0.120. The molecule has 4 rings (SSSR count). The number of nitrogens with one attached hydrogen (secondary N) is 4. The summed E-state index contributed by atoms with van der Waals surface area (Å²) in [5.41, 5.74) is 8.66. The summed E-state index contributed by atoms with van der Waals surface area (Å²) < 4.78 is 0. The van der Waals surface area contributed by atoms with Crippen LogP contribution in [0.2, 0.25) is 5.02 Å². The normalized spacial score (nSPS) is 21.7. The Morgan fingerprint density at radius 1 is 0.889 bits per heavy atom. The fraction of sp³-hybridized carbons (Fsp3) is 0.300. The van der Waals surface area contributed by atoms with Crippen LogP contribution in [0.5, 0.6) is 0 Å². The minimum absolute atomic E-state index is 0.0674. The highest BCUT2D eigenvalue weighted by atomic mass is 35.5. The smallest absolute Gasteiger partial charge is 0.230 e. The number of hydrazine groups is 1. The van der Waals surface area contributed by atoms with Crippen LogP contribution in [0.3, 0.4) is 0 Å². The lowest BCUT2D eigenvalue weighted by Gasteiger charge is -2.18. The predicted octanol–water partition coefficient (Wildman–Crippen LogP) is 3.09. The molecule has 2 amide bonds. The number of anilines is 2. The van der Waals surface area contributed by atoms with Gasteiger partial charge in [0.25, 0.3) is 0 Å². The quantitative estimate of drug-likeness (QED) is 0.638. The van der Waals surface area contributed by atoms with Gasteiger partial charge in [-0.3, -0.25) is 15.0 Å².